The number of alkyl halides is 1. The summed E-state index contributed by atoms with van der Waals surface area (Å²) in [5, 5.41) is 28.4. The molecular weight excluding hydrogens is 707 g/mol. The van der Waals surface area contributed by atoms with Crippen molar-refractivity contribution in [1.29, 1.82) is 0 Å². The van der Waals surface area contributed by atoms with E-state index in [-0.39, 0.29) is 82.3 Å². The van der Waals surface area contributed by atoms with Crippen molar-refractivity contribution >= 4 is 58.2 Å². The van der Waals surface area contributed by atoms with Crippen LogP contribution in [0, 0.1) is 0 Å². The van der Waals surface area contributed by atoms with E-state index in [1.807, 2.05) is 22.6 Å². The molecule has 16 heteroatoms. The third-order valence-electron chi connectivity index (χ3n) is 6.27. The molecule has 0 radical (unpaired) electrons. The standard InChI is InChI=1S/C29H51IN4O11/c30-21-26(37)32-14-16-43-17-15-33-27(38)22-45-20-19-44-18-13-31-24(35)12-11-23(29(41)42)34-25(36)9-7-5-3-1-2-4-6-8-10-28(39)40/h23H,1-22H2,(H,31,35)(H,32,37)(H,33,38)(H,34,36)(H,39,40)(H,41,42)/t23-/m1/s1. The third kappa shape index (κ3) is 29.9. The van der Waals surface area contributed by atoms with Crippen molar-refractivity contribution < 1.29 is 53.2 Å². The number of hydrogen-bond acceptors (Lipinski definition) is 9. The number of aliphatic carboxylic acids is 2. The zero-order valence-electron chi connectivity index (χ0n) is 26.1. The van der Waals surface area contributed by atoms with Gasteiger partial charge in [0.1, 0.15) is 12.6 Å². The van der Waals surface area contributed by atoms with Gasteiger partial charge in [-0.05, 0) is 19.3 Å². The van der Waals surface area contributed by atoms with Gasteiger partial charge in [0.2, 0.25) is 23.6 Å². The van der Waals surface area contributed by atoms with Crippen molar-refractivity contribution in [3.63, 3.8) is 0 Å². The van der Waals surface area contributed by atoms with E-state index in [0.29, 0.717) is 43.6 Å². The first kappa shape index (κ1) is 42.4. The van der Waals surface area contributed by atoms with Crippen LogP contribution < -0.4 is 21.3 Å². The lowest BCUT2D eigenvalue weighted by Gasteiger charge is -2.14. The molecule has 0 unspecified atom stereocenters. The van der Waals surface area contributed by atoms with Crippen LogP contribution in [0.25, 0.3) is 0 Å². The Hall–Kier alpha value is -2.57. The summed E-state index contributed by atoms with van der Waals surface area (Å²) in [5.74, 6) is -3.03. The summed E-state index contributed by atoms with van der Waals surface area (Å²) in [4.78, 5) is 69.0. The molecule has 0 aliphatic heterocycles. The number of halogens is 1. The smallest absolute Gasteiger partial charge is 0.326 e. The van der Waals surface area contributed by atoms with Crippen LogP contribution in [0.5, 0.6) is 0 Å². The summed E-state index contributed by atoms with van der Waals surface area (Å²) in [6.07, 6.45) is 7.42. The molecule has 0 aliphatic carbocycles. The minimum atomic E-state index is -1.20. The lowest BCUT2D eigenvalue weighted by Crippen LogP contribution is -2.41. The fraction of sp³-hybridized carbons (Fsp3) is 0.793. The Balaban J connectivity index is 3.72. The molecule has 45 heavy (non-hydrogen) atoms. The van der Waals surface area contributed by atoms with E-state index < -0.39 is 18.0 Å². The molecule has 0 saturated heterocycles. The molecule has 1 atom stereocenters. The molecule has 0 saturated carbocycles. The second-order valence-electron chi connectivity index (χ2n) is 10.2. The molecule has 15 nitrogen and oxygen atoms in total. The molecule has 0 heterocycles. The highest BCUT2D eigenvalue weighted by molar-refractivity contribution is 14.1. The second kappa shape index (κ2) is 30.1. The summed E-state index contributed by atoms with van der Waals surface area (Å²) in [7, 11) is 0. The van der Waals surface area contributed by atoms with Gasteiger partial charge in [0.15, 0.2) is 0 Å². The maximum atomic E-state index is 12.1. The summed E-state index contributed by atoms with van der Waals surface area (Å²) < 4.78 is 16.2. The first-order valence-electron chi connectivity index (χ1n) is 15.5. The van der Waals surface area contributed by atoms with Crippen molar-refractivity contribution in [2.45, 2.75) is 83.1 Å². The van der Waals surface area contributed by atoms with Crippen molar-refractivity contribution in [3.05, 3.63) is 0 Å². The predicted molar refractivity (Wildman–Crippen MR) is 173 cm³/mol. The van der Waals surface area contributed by atoms with Gasteiger partial charge in [0.25, 0.3) is 0 Å². The number of hydrogen-bond donors (Lipinski definition) is 6. The zero-order valence-corrected chi connectivity index (χ0v) is 28.2. The second-order valence-corrected chi connectivity index (χ2v) is 10.9. The Morgan fingerprint density at radius 1 is 0.556 bits per heavy atom. The molecule has 0 spiro atoms. The minimum absolute atomic E-state index is 0.0331. The molecule has 0 aliphatic rings. The first-order valence-corrected chi connectivity index (χ1v) is 17.0. The van der Waals surface area contributed by atoms with Gasteiger partial charge < -0.3 is 45.7 Å². The summed E-state index contributed by atoms with van der Waals surface area (Å²) in [6.45, 7) is 2.10. The van der Waals surface area contributed by atoms with E-state index >= 15 is 0 Å². The van der Waals surface area contributed by atoms with Crippen LogP contribution >= 0.6 is 22.6 Å². The van der Waals surface area contributed by atoms with Gasteiger partial charge in [-0.1, -0.05) is 61.1 Å². The Morgan fingerprint density at radius 2 is 1.04 bits per heavy atom. The molecule has 0 aromatic carbocycles. The number of nitrogens with one attached hydrogen (secondary N) is 4. The third-order valence-corrected chi connectivity index (χ3v) is 6.96. The van der Waals surface area contributed by atoms with Crippen LogP contribution in [-0.4, -0.2) is 116 Å². The highest BCUT2D eigenvalue weighted by Crippen LogP contribution is 2.11. The van der Waals surface area contributed by atoms with E-state index in [9.17, 15) is 33.9 Å². The number of carboxylic acids is 2. The summed E-state index contributed by atoms with van der Waals surface area (Å²) in [6, 6.07) is -1.15. The molecule has 4 amide bonds. The van der Waals surface area contributed by atoms with Crippen molar-refractivity contribution in [2.75, 3.05) is 63.7 Å². The Labute approximate surface area is 278 Å². The lowest BCUT2D eigenvalue weighted by molar-refractivity contribution is -0.142. The van der Waals surface area contributed by atoms with Crippen LogP contribution in [0.4, 0.5) is 0 Å². The van der Waals surface area contributed by atoms with E-state index in [4.69, 9.17) is 19.3 Å². The molecular formula is C29H51IN4O11. The van der Waals surface area contributed by atoms with Gasteiger partial charge in [0, 0.05) is 38.9 Å². The number of carbonyl (C=O) groups is 6. The Morgan fingerprint density at radius 3 is 1.60 bits per heavy atom. The number of carboxylic acid groups (broad SMARTS) is 2. The number of rotatable bonds is 31. The van der Waals surface area contributed by atoms with Crippen LogP contribution in [0.3, 0.4) is 0 Å². The van der Waals surface area contributed by atoms with E-state index in [0.717, 1.165) is 38.5 Å². The fourth-order valence-electron chi connectivity index (χ4n) is 3.88. The average molecular weight is 759 g/mol. The van der Waals surface area contributed by atoms with Gasteiger partial charge in [-0.15, -0.1) is 0 Å². The minimum Gasteiger partial charge on any atom is -0.481 e. The number of unbranched alkanes of at least 4 members (excludes halogenated alkanes) is 7. The zero-order chi connectivity index (χ0) is 33.5. The van der Waals surface area contributed by atoms with E-state index in [1.54, 1.807) is 0 Å². The number of amides is 4. The first-order chi connectivity index (χ1) is 21.6. The van der Waals surface area contributed by atoms with Crippen LogP contribution in [0.15, 0.2) is 0 Å². The van der Waals surface area contributed by atoms with Gasteiger partial charge >= 0.3 is 11.9 Å². The van der Waals surface area contributed by atoms with Gasteiger partial charge in [-0.25, -0.2) is 4.79 Å². The molecule has 0 bridgehead atoms. The van der Waals surface area contributed by atoms with E-state index in [2.05, 4.69) is 21.3 Å². The lowest BCUT2D eigenvalue weighted by atomic mass is 10.1. The van der Waals surface area contributed by atoms with Gasteiger partial charge in [0.05, 0.1) is 37.5 Å². The summed E-state index contributed by atoms with van der Waals surface area (Å²) >= 11 is 1.97. The highest BCUT2D eigenvalue weighted by atomic mass is 127. The normalized spacial score (nSPS) is 11.4. The molecule has 0 aromatic rings. The van der Waals surface area contributed by atoms with Crippen LogP contribution in [0.1, 0.15) is 77.0 Å². The number of ether oxygens (including phenoxy) is 3. The predicted octanol–water partition coefficient (Wildman–Crippen LogP) is 1.16. The van der Waals surface area contributed by atoms with Crippen molar-refractivity contribution in [1.82, 2.24) is 21.3 Å². The highest BCUT2D eigenvalue weighted by Gasteiger charge is 2.20. The van der Waals surface area contributed by atoms with Crippen LogP contribution in [-0.2, 0) is 43.0 Å². The number of carbonyl (C=O) groups excluding carboxylic acids is 4. The molecule has 0 rings (SSSR count). The van der Waals surface area contributed by atoms with Crippen molar-refractivity contribution in [2.24, 2.45) is 0 Å². The SMILES string of the molecule is O=C(O)CCCCCCCCCCC(=O)N[C@H](CCC(=O)NCCOCCOCC(=O)NCCOCCNC(=O)CI)C(=O)O. The molecule has 0 fully saturated rings. The molecule has 260 valence electrons. The molecule has 0 aromatic heterocycles. The van der Waals surface area contributed by atoms with Gasteiger partial charge in [-0.2, -0.15) is 0 Å². The maximum Gasteiger partial charge on any atom is 0.326 e. The fourth-order valence-corrected chi connectivity index (χ4v) is 4.15. The van der Waals surface area contributed by atoms with E-state index in [1.165, 1.54) is 0 Å². The van der Waals surface area contributed by atoms with Gasteiger partial charge in [-0.3, -0.25) is 24.0 Å². The Kier molecular flexibility index (Phi) is 28.4. The molecule has 6 N–H and O–H groups in total. The Bertz CT molecular complexity index is 864. The largest absolute Gasteiger partial charge is 0.481 e. The quantitative estimate of drug-likeness (QED) is 0.0335. The summed E-state index contributed by atoms with van der Waals surface area (Å²) in [5.41, 5.74) is 0. The topological polar surface area (TPSA) is 219 Å². The van der Waals surface area contributed by atoms with Crippen LogP contribution in [0.2, 0.25) is 0 Å². The monoisotopic (exact) mass is 758 g/mol. The maximum absolute atomic E-state index is 12.1. The van der Waals surface area contributed by atoms with Crippen molar-refractivity contribution in [3.8, 4) is 0 Å². The average Bonchev–Trinajstić information content (AvgIpc) is 3.00.